The number of hydrogen-bond acceptors (Lipinski definition) is 6. The van der Waals surface area contributed by atoms with Gasteiger partial charge < -0.3 is 9.47 Å². The van der Waals surface area contributed by atoms with Crippen molar-refractivity contribution in [3.63, 3.8) is 0 Å². The fourth-order valence-corrected chi connectivity index (χ4v) is 5.70. The van der Waals surface area contributed by atoms with Gasteiger partial charge >= 0.3 is 6.09 Å². The van der Waals surface area contributed by atoms with Crippen LogP contribution in [0.5, 0.6) is 0 Å². The molecule has 9 heteroatoms. The van der Waals surface area contributed by atoms with Crippen molar-refractivity contribution in [1.29, 1.82) is 0 Å². The predicted octanol–water partition coefficient (Wildman–Crippen LogP) is 10.2. The molecule has 2 aliphatic rings. The molecule has 2 aliphatic carbocycles. The van der Waals surface area contributed by atoms with Crippen molar-refractivity contribution in [2.75, 3.05) is 13.7 Å². The minimum Gasteiger partial charge on any atom is -0.444 e. The Labute approximate surface area is 277 Å². The summed E-state index contributed by atoms with van der Waals surface area (Å²) in [5.74, 6) is -1.75. The second-order valence-electron chi connectivity index (χ2n) is 14.9. The van der Waals surface area contributed by atoms with E-state index in [0.717, 1.165) is 26.2 Å². The summed E-state index contributed by atoms with van der Waals surface area (Å²) in [6.45, 7) is 18.6. The van der Waals surface area contributed by atoms with Crippen LogP contribution in [0.2, 0.25) is 0 Å². The molecule has 7 nitrogen and oxygen atoms in total. The van der Waals surface area contributed by atoms with E-state index in [2.05, 4.69) is 23.8 Å². The largest absolute Gasteiger partial charge is 0.444 e. The van der Waals surface area contributed by atoms with Crippen LogP contribution in [0.25, 0.3) is 6.08 Å². The van der Waals surface area contributed by atoms with Gasteiger partial charge in [-0.25, -0.2) is 18.6 Å². The molecular formula is C37H61F2N3O4. The van der Waals surface area contributed by atoms with E-state index in [9.17, 15) is 18.4 Å². The molecule has 0 aromatic carbocycles. The Bertz CT molecular complexity index is 1180. The minimum atomic E-state index is -2.78. The molecule has 0 spiro atoms. The second kappa shape index (κ2) is 16.6. The molecular weight excluding hydrogens is 588 g/mol. The van der Waals surface area contributed by atoms with E-state index in [4.69, 9.17) is 9.47 Å². The van der Waals surface area contributed by atoms with Gasteiger partial charge in [-0.1, -0.05) is 51.5 Å². The van der Waals surface area contributed by atoms with Gasteiger partial charge in [-0.15, -0.1) is 0 Å². The van der Waals surface area contributed by atoms with Crippen LogP contribution in [0.15, 0.2) is 11.8 Å². The maximum atomic E-state index is 14.1. The van der Waals surface area contributed by atoms with Crippen LogP contribution < -0.4 is 0 Å². The summed E-state index contributed by atoms with van der Waals surface area (Å²) in [5, 5.41) is 0. The lowest BCUT2D eigenvalue weighted by molar-refractivity contribution is -0.122. The molecule has 0 radical (unpaired) electrons. The highest BCUT2D eigenvalue weighted by molar-refractivity contribution is 5.94. The third kappa shape index (κ3) is 11.4. The molecule has 46 heavy (non-hydrogen) atoms. The molecule has 1 aromatic rings. The Hall–Kier alpha value is -2.42. The van der Waals surface area contributed by atoms with Gasteiger partial charge in [0.05, 0.1) is 23.0 Å². The summed E-state index contributed by atoms with van der Waals surface area (Å²) >= 11 is 0. The first-order valence-electron chi connectivity index (χ1n) is 17.3. The van der Waals surface area contributed by atoms with Crippen molar-refractivity contribution in [1.82, 2.24) is 14.9 Å². The van der Waals surface area contributed by atoms with Crippen LogP contribution in [0.3, 0.4) is 0 Å². The van der Waals surface area contributed by atoms with Gasteiger partial charge in [0, 0.05) is 27.0 Å². The van der Waals surface area contributed by atoms with Gasteiger partial charge in [0.25, 0.3) is 5.92 Å². The smallest absolute Gasteiger partial charge is 0.412 e. The standard InChI is InChI=1S/C33H51F2N3O4.C4H10/c1-22(33(17-18-33)32(8,34)35)20-26-23(2)37-27(21-36-26)28(39)15-11-14-25(24-12-10-13-24)16-19-41-31(6,7)38(9)29(40)42-30(3,4)5;1-3-4-2/h20-21,24-25H,10-19H2,1-9H3;3-4H2,1-2H3/b22-20+;. The number of nitrogens with zero attached hydrogens (tertiary/aromatic N) is 3. The van der Waals surface area contributed by atoms with Gasteiger partial charge in [-0.05, 0) is 98.5 Å². The van der Waals surface area contributed by atoms with E-state index in [0.29, 0.717) is 60.4 Å². The van der Waals surface area contributed by atoms with Crippen molar-refractivity contribution in [3.8, 4) is 0 Å². The van der Waals surface area contributed by atoms with E-state index in [-0.39, 0.29) is 5.78 Å². The van der Waals surface area contributed by atoms with Crippen LogP contribution in [-0.2, 0) is 9.47 Å². The average Bonchev–Trinajstić information content (AvgIpc) is 3.74. The molecule has 1 heterocycles. The molecule has 0 aliphatic heterocycles. The highest BCUT2D eigenvalue weighted by Gasteiger charge is 2.59. The van der Waals surface area contributed by atoms with Crippen LogP contribution in [0.4, 0.5) is 13.6 Å². The lowest BCUT2D eigenvalue weighted by Crippen LogP contribution is -2.49. The molecule has 1 aromatic heterocycles. The average molecular weight is 650 g/mol. The van der Waals surface area contributed by atoms with Crippen molar-refractivity contribution < 1.29 is 27.8 Å². The van der Waals surface area contributed by atoms with Gasteiger partial charge in [0.15, 0.2) is 5.78 Å². The highest BCUT2D eigenvalue weighted by atomic mass is 19.3. The maximum absolute atomic E-state index is 14.1. The number of allylic oxidation sites excluding steroid dienone is 1. The number of carbonyl (C=O) groups excluding carboxylic acids is 2. The summed E-state index contributed by atoms with van der Waals surface area (Å²) in [4.78, 5) is 35.8. The molecule has 1 amide bonds. The molecule has 0 N–H and O–H groups in total. The fourth-order valence-electron chi connectivity index (χ4n) is 5.70. The molecule has 2 fully saturated rings. The first kappa shape index (κ1) is 39.8. The number of unbranched alkanes of at least 4 members (excludes halogenated alkanes) is 1. The first-order valence-corrected chi connectivity index (χ1v) is 17.3. The number of ether oxygens (including phenoxy) is 2. The minimum absolute atomic E-state index is 0.0552. The van der Waals surface area contributed by atoms with Crippen LogP contribution in [0, 0.1) is 24.2 Å². The van der Waals surface area contributed by atoms with Crippen LogP contribution in [-0.4, -0.2) is 57.6 Å². The van der Waals surface area contributed by atoms with Gasteiger partial charge in [0.1, 0.15) is 17.0 Å². The van der Waals surface area contributed by atoms with Crippen molar-refractivity contribution >= 4 is 18.0 Å². The lowest BCUT2D eigenvalue weighted by Gasteiger charge is -2.38. The Morgan fingerprint density at radius 2 is 1.70 bits per heavy atom. The van der Waals surface area contributed by atoms with E-state index in [1.165, 1.54) is 43.2 Å². The van der Waals surface area contributed by atoms with Crippen LogP contribution in [0.1, 0.15) is 155 Å². The zero-order chi connectivity index (χ0) is 34.9. The second-order valence-corrected chi connectivity index (χ2v) is 14.9. The molecule has 1 unspecified atom stereocenters. The number of halogens is 2. The topological polar surface area (TPSA) is 81.6 Å². The summed E-state index contributed by atoms with van der Waals surface area (Å²) in [7, 11) is 1.69. The van der Waals surface area contributed by atoms with E-state index >= 15 is 0 Å². The quantitative estimate of drug-likeness (QED) is 0.139. The third-order valence-electron chi connectivity index (χ3n) is 9.68. The first-order chi connectivity index (χ1) is 21.3. The third-order valence-corrected chi connectivity index (χ3v) is 9.68. The number of alkyl halides is 2. The van der Waals surface area contributed by atoms with Crippen molar-refractivity contribution in [2.24, 2.45) is 17.3 Å². The summed E-state index contributed by atoms with van der Waals surface area (Å²) in [6, 6.07) is 0. The SMILES string of the molecule is C/C(=C\c1ncc(C(=O)CCCC(CCOC(C)(C)N(C)C(=O)OC(C)(C)C)C2CCC2)nc1C)C1(C(C)(F)F)CC1.CCCC. The number of Topliss-reactive ketones (excluding diaryl/α,β-unsaturated/α-hetero) is 1. The molecule has 1 atom stereocenters. The number of hydrogen-bond donors (Lipinski definition) is 0. The molecule has 262 valence electrons. The molecule has 0 bridgehead atoms. The van der Waals surface area contributed by atoms with Crippen LogP contribution >= 0.6 is 0 Å². The number of rotatable bonds is 15. The van der Waals surface area contributed by atoms with Gasteiger partial charge in [-0.2, -0.15) is 0 Å². The summed E-state index contributed by atoms with van der Waals surface area (Å²) in [6.07, 6.45) is 12.9. The van der Waals surface area contributed by atoms with Gasteiger partial charge in [-0.3, -0.25) is 14.7 Å². The Morgan fingerprint density at radius 1 is 1.09 bits per heavy atom. The van der Waals surface area contributed by atoms with E-state index in [1.807, 2.05) is 34.6 Å². The summed E-state index contributed by atoms with van der Waals surface area (Å²) in [5.41, 5.74) is -0.442. The monoisotopic (exact) mass is 649 g/mol. The number of carbonyl (C=O) groups is 2. The Kier molecular flexibility index (Phi) is 14.4. The number of amides is 1. The predicted molar refractivity (Wildman–Crippen MR) is 181 cm³/mol. The van der Waals surface area contributed by atoms with Crippen molar-refractivity contribution in [2.45, 2.75) is 157 Å². The Morgan fingerprint density at radius 3 is 2.15 bits per heavy atom. The highest BCUT2D eigenvalue weighted by Crippen LogP contribution is 2.61. The zero-order valence-corrected chi connectivity index (χ0v) is 30.5. The summed E-state index contributed by atoms with van der Waals surface area (Å²) < 4.78 is 39.9. The number of ketones is 1. The maximum Gasteiger partial charge on any atom is 0.412 e. The van der Waals surface area contributed by atoms with E-state index < -0.39 is 28.8 Å². The van der Waals surface area contributed by atoms with Gasteiger partial charge in [0.2, 0.25) is 0 Å². The van der Waals surface area contributed by atoms with Crippen molar-refractivity contribution in [3.05, 3.63) is 28.9 Å². The number of aryl methyl sites for hydroxylation is 1. The Balaban J connectivity index is 0.00000173. The molecule has 2 saturated carbocycles. The zero-order valence-electron chi connectivity index (χ0n) is 30.5. The fraction of sp³-hybridized carbons (Fsp3) is 0.784. The molecule has 0 saturated heterocycles. The lowest BCUT2D eigenvalue weighted by atomic mass is 9.72. The molecule has 3 rings (SSSR count). The number of aromatic nitrogens is 2. The van der Waals surface area contributed by atoms with E-state index in [1.54, 1.807) is 27.0 Å². The normalized spacial score (nSPS) is 17.4.